The molecule has 0 radical (unpaired) electrons. The Morgan fingerprint density at radius 1 is 1.42 bits per heavy atom. The molecule has 0 amide bonds. The molecular weight excluding hydrogens is 260 g/mol. The van der Waals surface area contributed by atoms with Gasteiger partial charge < -0.3 is 9.84 Å². The standard InChI is InChI=1S/C16H21ClO2/c1-11-4-2-5-13(14(11)17)15(18)12-6-9-19-16(10-12)7-3-8-16/h2,4-5,12,15,18H,3,6-10H2,1H3. The predicted octanol–water partition coefficient (Wildman–Crippen LogP) is 4.03. The Labute approximate surface area is 119 Å². The topological polar surface area (TPSA) is 29.5 Å². The van der Waals surface area contributed by atoms with E-state index in [1.54, 1.807) is 0 Å². The second-order valence-electron chi connectivity index (χ2n) is 6.06. The summed E-state index contributed by atoms with van der Waals surface area (Å²) >= 11 is 6.33. The van der Waals surface area contributed by atoms with E-state index in [4.69, 9.17) is 16.3 Å². The minimum atomic E-state index is -0.464. The molecule has 1 saturated heterocycles. The number of aliphatic hydroxyl groups excluding tert-OH is 1. The SMILES string of the molecule is Cc1cccc(C(O)C2CCOC3(CCC3)C2)c1Cl. The molecule has 1 N–H and O–H groups in total. The highest BCUT2D eigenvalue weighted by Crippen LogP contribution is 2.47. The van der Waals surface area contributed by atoms with Crippen molar-refractivity contribution in [2.45, 2.75) is 50.7 Å². The number of hydrogen-bond acceptors (Lipinski definition) is 2. The normalized spacial score (nSPS) is 27.0. The fourth-order valence-electron chi connectivity index (χ4n) is 3.41. The number of ether oxygens (including phenoxy) is 1. The summed E-state index contributed by atoms with van der Waals surface area (Å²) in [5.41, 5.74) is 1.98. The molecule has 2 unspecified atom stereocenters. The van der Waals surface area contributed by atoms with E-state index in [9.17, 15) is 5.11 Å². The van der Waals surface area contributed by atoms with E-state index in [-0.39, 0.29) is 11.5 Å². The van der Waals surface area contributed by atoms with Crippen LogP contribution in [0.4, 0.5) is 0 Å². The lowest BCUT2D eigenvalue weighted by molar-refractivity contribution is -0.157. The highest BCUT2D eigenvalue weighted by molar-refractivity contribution is 6.32. The molecule has 2 aliphatic rings. The summed E-state index contributed by atoms with van der Waals surface area (Å²) < 4.78 is 5.93. The van der Waals surface area contributed by atoms with Gasteiger partial charge in [0, 0.05) is 11.6 Å². The van der Waals surface area contributed by atoms with Gasteiger partial charge in [0.2, 0.25) is 0 Å². The molecule has 2 atom stereocenters. The van der Waals surface area contributed by atoms with Crippen molar-refractivity contribution in [2.75, 3.05) is 6.61 Å². The van der Waals surface area contributed by atoms with Crippen LogP contribution in [-0.2, 0) is 4.74 Å². The number of aryl methyl sites for hydroxylation is 1. The third-order valence-corrected chi connectivity index (χ3v) is 5.30. The molecular formula is C16H21ClO2. The van der Waals surface area contributed by atoms with Gasteiger partial charge in [-0.15, -0.1) is 0 Å². The van der Waals surface area contributed by atoms with Crippen molar-refractivity contribution < 1.29 is 9.84 Å². The van der Waals surface area contributed by atoms with Crippen molar-refractivity contribution in [3.63, 3.8) is 0 Å². The van der Waals surface area contributed by atoms with Crippen LogP contribution in [-0.4, -0.2) is 17.3 Å². The van der Waals surface area contributed by atoms with E-state index in [1.807, 2.05) is 25.1 Å². The molecule has 1 aromatic carbocycles. The first-order chi connectivity index (χ1) is 9.11. The van der Waals surface area contributed by atoms with E-state index in [1.165, 1.54) is 6.42 Å². The molecule has 1 heterocycles. The molecule has 1 aliphatic heterocycles. The lowest BCUT2D eigenvalue weighted by Crippen LogP contribution is -2.46. The number of aliphatic hydroxyl groups is 1. The zero-order chi connectivity index (χ0) is 13.5. The highest BCUT2D eigenvalue weighted by Gasteiger charge is 2.44. The summed E-state index contributed by atoms with van der Waals surface area (Å²) in [5.74, 6) is 0.272. The summed E-state index contributed by atoms with van der Waals surface area (Å²) in [4.78, 5) is 0. The van der Waals surface area contributed by atoms with Gasteiger partial charge in [0.25, 0.3) is 0 Å². The Morgan fingerprint density at radius 2 is 2.21 bits per heavy atom. The van der Waals surface area contributed by atoms with Gasteiger partial charge in [-0.05, 0) is 56.1 Å². The van der Waals surface area contributed by atoms with E-state index >= 15 is 0 Å². The molecule has 19 heavy (non-hydrogen) atoms. The van der Waals surface area contributed by atoms with Crippen molar-refractivity contribution >= 4 is 11.6 Å². The summed E-state index contributed by atoms with van der Waals surface area (Å²) in [6.07, 6.45) is 4.99. The average Bonchev–Trinajstić information content (AvgIpc) is 2.39. The summed E-state index contributed by atoms with van der Waals surface area (Å²) in [6, 6.07) is 5.90. The molecule has 1 aliphatic carbocycles. The molecule has 1 aromatic rings. The van der Waals surface area contributed by atoms with Gasteiger partial charge in [-0.25, -0.2) is 0 Å². The van der Waals surface area contributed by atoms with Crippen molar-refractivity contribution in [1.29, 1.82) is 0 Å². The molecule has 1 spiro atoms. The molecule has 3 heteroatoms. The van der Waals surface area contributed by atoms with E-state index in [0.29, 0.717) is 5.02 Å². The summed E-state index contributed by atoms with van der Waals surface area (Å²) in [5, 5.41) is 11.4. The average molecular weight is 281 g/mol. The Balaban J connectivity index is 1.79. The van der Waals surface area contributed by atoms with Crippen LogP contribution in [0.25, 0.3) is 0 Å². The first kappa shape index (κ1) is 13.4. The Morgan fingerprint density at radius 3 is 2.89 bits per heavy atom. The molecule has 0 aromatic heterocycles. The van der Waals surface area contributed by atoms with Crippen LogP contribution in [0.5, 0.6) is 0 Å². The van der Waals surface area contributed by atoms with Gasteiger partial charge in [-0.1, -0.05) is 29.8 Å². The first-order valence-electron chi connectivity index (χ1n) is 7.18. The van der Waals surface area contributed by atoms with Crippen LogP contribution >= 0.6 is 11.6 Å². The number of halogens is 1. The molecule has 1 saturated carbocycles. The van der Waals surface area contributed by atoms with E-state index in [0.717, 1.165) is 43.4 Å². The van der Waals surface area contributed by atoms with Gasteiger partial charge in [-0.3, -0.25) is 0 Å². The van der Waals surface area contributed by atoms with E-state index in [2.05, 4.69) is 0 Å². The summed E-state index contributed by atoms with van der Waals surface area (Å²) in [7, 11) is 0. The van der Waals surface area contributed by atoms with Gasteiger partial charge in [0.1, 0.15) is 0 Å². The molecule has 0 bridgehead atoms. The van der Waals surface area contributed by atoms with Crippen molar-refractivity contribution in [2.24, 2.45) is 5.92 Å². The fraction of sp³-hybridized carbons (Fsp3) is 0.625. The van der Waals surface area contributed by atoms with Crippen molar-refractivity contribution in [1.82, 2.24) is 0 Å². The Kier molecular flexibility index (Phi) is 3.59. The highest BCUT2D eigenvalue weighted by atomic mass is 35.5. The van der Waals surface area contributed by atoms with Crippen LogP contribution in [0, 0.1) is 12.8 Å². The maximum Gasteiger partial charge on any atom is 0.0834 e. The summed E-state index contributed by atoms with van der Waals surface area (Å²) in [6.45, 7) is 2.75. The second-order valence-corrected chi connectivity index (χ2v) is 6.44. The molecule has 104 valence electrons. The minimum Gasteiger partial charge on any atom is -0.388 e. The van der Waals surface area contributed by atoms with Crippen LogP contribution in [0.2, 0.25) is 5.02 Å². The van der Waals surface area contributed by atoms with Gasteiger partial charge >= 0.3 is 0 Å². The van der Waals surface area contributed by atoms with Crippen LogP contribution in [0.1, 0.15) is 49.3 Å². The third-order valence-electron chi connectivity index (χ3n) is 4.78. The molecule has 2 fully saturated rings. The van der Waals surface area contributed by atoms with Crippen molar-refractivity contribution in [3.8, 4) is 0 Å². The van der Waals surface area contributed by atoms with Crippen LogP contribution in [0.3, 0.4) is 0 Å². The minimum absolute atomic E-state index is 0.0696. The quantitative estimate of drug-likeness (QED) is 0.886. The van der Waals surface area contributed by atoms with Gasteiger partial charge in [-0.2, -0.15) is 0 Å². The predicted molar refractivity (Wildman–Crippen MR) is 76.4 cm³/mol. The second kappa shape index (κ2) is 5.08. The Bertz CT molecular complexity index is 468. The third kappa shape index (κ3) is 2.42. The van der Waals surface area contributed by atoms with E-state index < -0.39 is 6.10 Å². The number of rotatable bonds is 2. The fourth-order valence-corrected chi connectivity index (χ4v) is 3.64. The zero-order valence-electron chi connectivity index (χ0n) is 11.4. The van der Waals surface area contributed by atoms with Gasteiger partial charge in [0.05, 0.1) is 11.7 Å². The first-order valence-corrected chi connectivity index (χ1v) is 7.56. The van der Waals surface area contributed by atoms with Gasteiger partial charge in [0.15, 0.2) is 0 Å². The van der Waals surface area contributed by atoms with Crippen LogP contribution < -0.4 is 0 Å². The maximum atomic E-state index is 10.7. The largest absolute Gasteiger partial charge is 0.388 e. The number of hydrogen-bond donors (Lipinski definition) is 1. The monoisotopic (exact) mass is 280 g/mol. The lowest BCUT2D eigenvalue weighted by atomic mass is 9.70. The number of benzene rings is 1. The van der Waals surface area contributed by atoms with Crippen LogP contribution in [0.15, 0.2) is 18.2 Å². The lowest BCUT2D eigenvalue weighted by Gasteiger charge is -2.48. The zero-order valence-corrected chi connectivity index (χ0v) is 12.1. The maximum absolute atomic E-state index is 10.7. The Hall–Kier alpha value is -0.570. The van der Waals surface area contributed by atoms with Crippen molar-refractivity contribution in [3.05, 3.63) is 34.3 Å². The smallest absolute Gasteiger partial charge is 0.0834 e. The molecule has 3 rings (SSSR count). The molecule has 2 nitrogen and oxygen atoms in total.